The molecule has 0 aromatic carbocycles. The summed E-state index contributed by atoms with van der Waals surface area (Å²) in [6.45, 7) is 6.31. The quantitative estimate of drug-likeness (QED) is 0.703. The molecule has 1 spiro atoms. The first-order chi connectivity index (χ1) is 13.8. The van der Waals surface area contributed by atoms with E-state index in [2.05, 4.69) is 0 Å². The van der Waals surface area contributed by atoms with Crippen molar-refractivity contribution in [1.82, 2.24) is 4.90 Å². The fraction of sp³-hybridized carbons (Fsp3) is 0.864. The van der Waals surface area contributed by atoms with Crippen LogP contribution in [-0.2, 0) is 23.9 Å². The monoisotopic (exact) mass is 405 g/mol. The second-order valence-corrected chi connectivity index (χ2v) is 9.97. The third-order valence-electron chi connectivity index (χ3n) is 8.78. The van der Waals surface area contributed by atoms with E-state index in [0.29, 0.717) is 32.2 Å². The van der Waals surface area contributed by atoms with E-state index in [-0.39, 0.29) is 41.6 Å². The largest absolute Gasteiger partial charge is 0.461 e. The standard InChI is InChI=1S/C22H31NO6/c1-4-13-17-16(12(3)19(25)29-17)22(27)10-14(15-9-11(2)18(24)28-15)23-8-6-5-7-21(13,22)20(23)26/h11-17,27H,4-10H2,1-3H3/t11-,12-,13-,14-,15-,16-,17-,21?,22-/m0/s1. The number of ether oxygens (including phenoxy) is 2. The number of nitrogens with zero attached hydrogens (tertiary/aromatic N) is 1. The lowest BCUT2D eigenvalue weighted by atomic mass is 9.58. The van der Waals surface area contributed by atoms with Crippen molar-refractivity contribution in [3.63, 3.8) is 0 Å². The SMILES string of the molecule is CC[C@H]1[C@@H]2OC(=O)[C@@H](C)[C@@H]2[C@@]2(O)C[C@@H]([C@@H]3C[C@H](C)C(=O)O3)N3CCCCC12C3=O. The number of hydrogen-bond donors (Lipinski definition) is 1. The van der Waals surface area contributed by atoms with Crippen LogP contribution in [0.25, 0.3) is 0 Å². The Morgan fingerprint density at radius 3 is 2.55 bits per heavy atom. The van der Waals surface area contributed by atoms with E-state index in [1.807, 2.05) is 25.7 Å². The molecule has 1 unspecified atom stereocenters. The summed E-state index contributed by atoms with van der Waals surface area (Å²) in [7, 11) is 0. The van der Waals surface area contributed by atoms with Crippen LogP contribution in [0.1, 0.15) is 59.3 Å². The van der Waals surface area contributed by atoms with Crippen LogP contribution < -0.4 is 0 Å². The summed E-state index contributed by atoms with van der Waals surface area (Å²) in [6.07, 6.45) is 3.14. The van der Waals surface area contributed by atoms with Gasteiger partial charge in [0.05, 0.1) is 28.9 Å². The summed E-state index contributed by atoms with van der Waals surface area (Å²) in [4.78, 5) is 40.4. The number of fused-ring (bicyclic) bond motifs is 3. The molecule has 29 heavy (non-hydrogen) atoms. The van der Waals surface area contributed by atoms with Crippen LogP contribution in [0.5, 0.6) is 0 Å². The highest BCUT2D eigenvalue weighted by Gasteiger charge is 2.78. The molecule has 4 aliphatic heterocycles. The van der Waals surface area contributed by atoms with Crippen molar-refractivity contribution in [3.8, 4) is 0 Å². The van der Waals surface area contributed by atoms with Crippen LogP contribution in [0.15, 0.2) is 0 Å². The predicted octanol–water partition coefficient (Wildman–Crippen LogP) is 1.66. The van der Waals surface area contributed by atoms with Crippen LogP contribution >= 0.6 is 0 Å². The number of carbonyl (C=O) groups excluding carboxylic acids is 3. The lowest BCUT2D eigenvalue weighted by Crippen LogP contribution is -2.69. The van der Waals surface area contributed by atoms with Gasteiger partial charge in [0.15, 0.2) is 0 Å². The normalized spacial score (nSPS) is 51.4. The Morgan fingerprint density at radius 2 is 1.90 bits per heavy atom. The first-order valence-corrected chi connectivity index (χ1v) is 11.2. The van der Waals surface area contributed by atoms with E-state index in [1.165, 1.54) is 0 Å². The molecule has 0 aromatic heterocycles. The smallest absolute Gasteiger partial charge is 0.309 e. The van der Waals surface area contributed by atoms with E-state index < -0.39 is 29.1 Å². The maximum atomic E-state index is 14.0. The summed E-state index contributed by atoms with van der Waals surface area (Å²) in [6, 6.07) is -0.341. The van der Waals surface area contributed by atoms with E-state index in [4.69, 9.17) is 9.47 Å². The van der Waals surface area contributed by atoms with Gasteiger partial charge in [-0.25, -0.2) is 0 Å². The fourth-order valence-corrected chi connectivity index (χ4v) is 7.53. The Hall–Kier alpha value is -1.63. The molecule has 1 amide bonds. The van der Waals surface area contributed by atoms with Gasteiger partial charge in [-0.15, -0.1) is 0 Å². The fourth-order valence-electron chi connectivity index (χ4n) is 7.53. The van der Waals surface area contributed by atoms with Gasteiger partial charge < -0.3 is 19.5 Å². The molecule has 5 aliphatic rings. The summed E-state index contributed by atoms with van der Waals surface area (Å²) >= 11 is 0. The van der Waals surface area contributed by atoms with E-state index in [9.17, 15) is 19.5 Å². The van der Waals surface area contributed by atoms with Gasteiger partial charge in [0.2, 0.25) is 5.91 Å². The first-order valence-electron chi connectivity index (χ1n) is 11.2. The van der Waals surface area contributed by atoms with Crippen LogP contribution in [0.2, 0.25) is 0 Å². The predicted molar refractivity (Wildman–Crippen MR) is 101 cm³/mol. The Bertz CT molecular complexity index is 768. The zero-order valence-corrected chi connectivity index (χ0v) is 17.4. The molecule has 4 heterocycles. The van der Waals surface area contributed by atoms with Gasteiger partial charge >= 0.3 is 11.9 Å². The van der Waals surface area contributed by atoms with Gasteiger partial charge in [-0.05, 0) is 25.7 Å². The zero-order chi connectivity index (χ0) is 20.7. The molecule has 7 nitrogen and oxygen atoms in total. The molecule has 7 heteroatoms. The highest BCUT2D eigenvalue weighted by Crippen LogP contribution is 2.67. The number of cyclic esters (lactones) is 1. The summed E-state index contributed by atoms with van der Waals surface area (Å²) in [5, 5.41) is 12.3. The number of piperidine rings is 1. The molecule has 2 bridgehead atoms. The van der Waals surface area contributed by atoms with Gasteiger partial charge in [-0.1, -0.05) is 27.2 Å². The van der Waals surface area contributed by atoms with E-state index in [1.54, 1.807) is 0 Å². The third-order valence-corrected chi connectivity index (χ3v) is 8.78. The molecular formula is C22H31NO6. The van der Waals surface area contributed by atoms with Crippen molar-refractivity contribution in [1.29, 1.82) is 0 Å². The Kier molecular flexibility index (Phi) is 4.13. The molecule has 5 rings (SSSR count). The van der Waals surface area contributed by atoms with Crippen molar-refractivity contribution in [2.24, 2.45) is 29.1 Å². The van der Waals surface area contributed by atoms with Crippen molar-refractivity contribution >= 4 is 17.8 Å². The van der Waals surface area contributed by atoms with Gasteiger partial charge in [0, 0.05) is 24.8 Å². The van der Waals surface area contributed by atoms with Crippen molar-refractivity contribution in [2.45, 2.75) is 83.1 Å². The average molecular weight is 405 g/mol. The van der Waals surface area contributed by atoms with Crippen molar-refractivity contribution in [2.75, 3.05) is 6.54 Å². The Morgan fingerprint density at radius 1 is 1.14 bits per heavy atom. The van der Waals surface area contributed by atoms with Crippen LogP contribution in [-0.4, -0.2) is 58.2 Å². The van der Waals surface area contributed by atoms with Gasteiger partial charge in [0.25, 0.3) is 0 Å². The number of rotatable bonds is 2. The number of hydrogen-bond acceptors (Lipinski definition) is 6. The Balaban J connectivity index is 1.63. The minimum absolute atomic E-state index is 0.0196. The molecule has 1 N–H and O–H groups in total. The minimum Gasteiger partial charge on any atom is -0.461 e. The van der Waals surface area contributed by atoms with Crippen LogP contribution in [0.3, 0.4) is 0 Å². The maximum absolute atomic E-state index is 14.0. The molecule has 0 radical (unpaired) electrons. The Labute approximate surface area is 171 Å². The van der Waals surface area contributed by atoms with Crippen molar-refractivity contribution in [3.05, 3.63) is 0 Å². The zero-order valence-electron chi connectivity index (χ0n) is 17.4. The highest BCUT2D eigenvalue weighted by atomic mass is 16.6. The molecule has 4 saturated heterocycles. The second kappa shape index (κ2) is 6.19. The lowest BCUT2D eigenvalue weighted by Gasteiger charge is -2.55. The lowest BCUT2D eigenvalue weighted by molar-refractivity contribution is -0.200. The van der Waals surface area contributed by atoms with Crippen LogP contribution in [0.4, 0.5) is 0 Å². The number of carbonyl (C=O) groups is 3. The number of amides is 1. The molecule has 1 saturated carbocycles. The molecule has 160 valence electrons. The molecule has 5 fully saturated rings. The third kappa shape index (κ3) is 2.20. The van der Waals surface area contributed by atoms with E-state index in [0.717, 1.165) is 12.8 Å². The molecule has 0 aromatic rings. The number of aliphatic hydroxyl groups is 1. The molecular weight excluding hydrogens is 374 g/mol. The molecule has 9 atom stereocenters. The van der Waals surface area contributed by atoms with Crippen molar-refractivity contribution < 1.29 is 29.0 Å². The first kappa shape index (κ1) is 19.3. The van der Waals surface area contributed by atoms with Gasteiger partial charge in [-0.3, -0.25) is 14.4 Å². The highest BCUT2D eigenvalue weighted by molar-refractivity contribution is 5.89. The topological polar surface area (TPSA) is 93.1 Å². The minimum atomic E-state index is -1.31. The number of esters is 2. The summed E-state index contributed by atoms with van der Waals surface area (Å²) in [5.74, 6) is -1.72. The summed E-state index contributed by atoms with van der Waals surface area (Å²) < 4.78 is 11.4. The summed E-state index contributed by atoms with van der Waals surface area (Å²) in [5.41, 5.74) is -2.22. The van der Waals surface area contributed by atoms with Gasteiger partial charge in [0.1, 0.15) is 12.2 Å². The second-order valence-electron chi connectivity index (χ2n) is 9.97. The van der Waals surface area contributed by atoms with E-state index >= 15 is 0 Å². The van der Waals surface area contributed by atoms with Gasteiger partial charge in [-0.2, -0.15) is 0 Å². The van der Waals surface area contributed by atoms with Crippen LogP contribution in [0, 0.1) is 29.1 Å². The maximum Gasteiger partial charge on any atom is 0.309 e. The molecule has 1 aliphatic carbocycles. The average Bonchev–Trinajstić information content (AvgIpc) is 3.19.